The average Bonchev–Trinajstić information content (AvgIpc) is 2.13. The van der Waals surface area contributed by atoms with Gasteiger partial charge in [-0.05, 0) is 25.7 Å². The van der Waals surface area contributed by atoms with Gasteiger partial charge in [0.15, 0.2) is 0 Å². The van der Waals surface area contributed by atoms with E-state index in [0.29, 0.717) is 0 Å². The molecule has 0 aromatic heterocycles. The summed E-state index contributed by atoms with van der Waals surface area (Å²) in [5, 5.41) is 9.12. The molecule has 0 aromatic carbocycles. The minimum absolute atomic E-state index is 0.0422. The van der Waals surface area contributed by atoms with Crippen molar-refractivity contribution >= 4 is 0 Å². The SMILES string of the molecule is CCC1(N)CCC(O)C1. The second-order valence-electron chi connectivity index (χ2n) is 3.11. The lowest BCUT2D eigenvalue weighted by Crippen LogP contribution is -2.36. The summed E-state index contributed by atoms with van der Waals surface area (Å²) in [6.07, 6.45) is 3.54. The molecular formula is C7H15NO. The smallest absolute Gasteiger partial charge is 0.0558 e. The largest absolute Gasteiger partial charge is 0.393 e. The van der Waals surface area contributed by atoms with Gasteiger partial charge in [0.05, 0.1) is 6.10 Å². The molecule has 9 heavy (non-hydrogen) atoms. The lowest BCUT2D eigenvalue weighted by molar-refractivity contribution is 0.173. The van der Waals surface area contributed by atoms with E-state index in [4.69, 9.17) is 10.8 Å². The summed E-state index contributed by atoms with van der Waals surface area (Å²) in [5.74, 6) is 0. The van der Waals surface area contributed by atoms with Crippen molar-refractivity contribution < 1.29 is 5.11 Å². The first-order valence-corrected chi connectivity index (χ1v) is 3.63. The Labute approximate surface area is 56.1 Å². The van der Waals surface area contributed by atoms with E-state index >= 15 is 0 Å². The van der Waals surface area contributed by atoms with E-state index in [9.17, 15) is 0 Å². The molecule has 2 unspecified atom stereocenters. The number of aliphatic hydroxyl groups is 1. The summed E-state index contributed by atoms with van der Waals surface area (Å²) in [4.78, 5) is 0. The number of aliphatic hydroxyl groups excluding tert-OH is 1. The maximum Gasteiger partial charge on any atom is 0.0558 e. The fourth-order valence-corrected chi connectivity index (χ4v) is 1.45. The van der Waals surface area contributed by atoms with Crippen molar-refractivity contribution in [1.82, 2.24) is 0 Å². The minimum atomic E-state index is -0.130. The van der Waals surface area contributed by atoms with Gasteiger partial charge >= 0.3 is 0 Å². The van der Waals surface area contributed by atoms with Crippen molar-refractivity contribution in [2.75, 3.05) is 0 Å². The van der Waals surface area contributed by atoms with Crippen LogP contribution in [0.15, 0.2) is 0 Å². The molecule has 2 heteroatoms. The van der Waals surface area contributed by atoms with Gasteiger partial charge < -0.3 is 10.8 Å². The molecule has 3 N–H and O–H groups in total. The maximum absolute atomic E-state index is 9.12. The zero-order valence-electron chi connectivity index (χ0n) is 5.93. The van der Waals surface area contributed by atoms with E-state index in [1.54, 1.807) is 0 Å². The quantitative estimate of drug-likeness (QED) is 0.545. The molecule has 0 radical (unpaired) electrons. The summed E-state index contributed by atoms with van der Waals surface area (Å²) < 4.78 is 0. The van der Waals surface area contributed by atoms with Crippen LogP contribution in [0, 0.1) is 0 Å². The zero-order chi connectivity index (χ0) is 6.91. The molecule has 0 bridgehead atoms. The van der Waals surface area contributed by atoms with Gasteiger partial charge in [0.1, 0.15) is 0 Å². The van der Waals surface area contributed by atoms with Crippen molar-refractivity contribution in [3.63, 3.8) is 0 Å². The highest BCUT2D eigenvalue weighted by Crippen LogP contribution is 2.29. The van der Waals surface area contributed by atoms with Gasteiger partial charge in [0.2, 0.25) is 0 Å². The standard InChI is InChI=1S/C7H15NO/c1-2-7(8)4-3-6(9)5-7/h6,9H,2-5,8H2,1H3. The van der Waals surface area contributed by atoms with E-state index in [1.807, 2.05) is 0 Å². The Morgan fingerprint density at radius 2 is 2.44 bits per heavy atom. The van der Waals surface area contributed by atoms with Crippen molar-refractivity contribution in [1.29, 1.82) is 0 Å². The fraction of sp³-hybridized carbons (Fsp3) is 1.00. The molecule has 0 heterocycles. The predicted octanol–water partition coefficient (Wildman–Crippen LogP) is 0.639. The molecule has 0 spiro atoms. The van der Waals surface area contributed by atoms with Crippen LogP contribution in [0.25, 0.3) is 0 Å². The molecule has 1 aliphatic carbocycles. The Balaban J connectivity index is 2.45. The molecule has 1 fully saturated rings. The van der Waals surface area contributed by atoms with Gasteiger partial charge in [-0.25, -0.2) is 0 Å². The number of hydrogen-bond acceptors (Lipinski definition) is 2. The molecule has 0 aliphatic heterocycles. The summed E-state index contributed by atoms with van der Waals surface area (Å²) in [7, 11) is 0. The normalized spacial score (nSPS) is 43.7. The van der Waals surface area contributed by atoms with E-state index < -0.39 is 0 Å². The summed E-state index contributed by atoms with van der Waals surface area (Å²) in [6.45, 7) is 2.08. The van der Waals surface area contributed by atoms with Gasteiger partial charge in [0.25, 0.3) is 0 Å². The van der Waals surface area contributed by atoms with Crippen LogP contribution in [-0.2, 0) is 0 Å². The molecule has 0 saturated heterocycles. The molecule has 1 aliphatic rings. The van der Waals surface area contributed by atoms with Crippen LogP contribution >= 0.6 is 0 Å². The van der Waals surface area contributed by atoms with Crippen LogP contribution in [-0.4, -0.2) is 16.7 Å². The zero-order valence-corrected chi connectivity index (χ0v) is 5.93. The van der Waals surface area contributed by atoms with Gasteiger partial charge in [-0.2, -0.15) is 0 Å². The molecule has 0 aromatic rings. The van der Waals surface area contributed by atoms with Crippen molar-refractivity contribution in [2.45, 2.75) is 44.2 Å². The Bertz CT molecular complexity index is 105. The van der Waals surface area contributed by atoms with Crippen LogP contribution in [0.5, 0.6) is 0 Å². The molecular weight excluding hydrogens is 114 g/mol. The summed E-state index contributed by atoms with van der Waals surface area (Å²) in [6, 6.07) is 0. The average molecular weight is 129 g/mol. The Kier molecular flexibility index (Phi) is 1.78. The van der Waals surface area contributed by atoms with E-state index in [-0.39, 0.29) is 11.6 Å². The maximum atomic E-state index is 9.12. The second-order valence-corrected chi connectivity index (χ2v) is 3.11. The first-order valence-electron chi connectivity index (χ1n) is 3.63. The van der Waals surface area contributed by atoms with Crippen LogP contribution in [0.2, 0.25) is 0 Å². The highest BCUT2D eigenvalue weighted by Gasteiger charge is 2.32. The van der Waals surface area contributed by atoms with Crippen LogP contribution in [0.3, 0.4) is 0 Å². The third kappa shape index (κ3) is 1.43. The Morgan fingerprint density at radius 3 is 2.67 bits per heavy atom. The van der Waals surface area contributed by atoms with Gasteiger partial charge in [-0.15, -0.1) is 0 Å². The first-order chi connectivity index (χ1) is 4.16. The summed E-state index contributed by atoms with van der Waals surface area (Å²) >= 11 is 0. The van der Waals surface area contributed by atoms with Crippen LogP contribution < -0.4 is 5.73 Å². The van der Waals surface area contributed by atoms with Crippen LogP contribution in [0.1, 0.15) is 32.6 Å². The number of rotatable bonds is 1. The number of hydrogen-bond donors (Lipinski definition) is 2. The molecule has 2 atom stereocenters. The third-order valence-electron chi connectivity index (χ3n) is 2.32. The molecule has 54 valence electrons. The van der Waals surface area contributed by atoms with E-state index in [1.165, 1.54) is 0 Å². The summed E-state index contributed by atoms with van der Waals surface area (Å²) in [5.41, 5.74) is 5.85. The molecule has 2 nitrogen and oxygen atoms in total. The first kappa shape index (κ1) is 7.03. The lowest BCUT2D eigenvalue weighted by Gasteiger charge is -2.20. The highest BCUT2D eigenvalue weighted by molar-refractivity contribution is 4.91. The molecule has 0 amide bonds. The van der Waals surface area contributed by atoms with Crippen LogP contribution in [0.4, 0.5) is 0 Å². The van der Waals surface area contributed by atoms with Crippen molar-refractivity contribution in [3.05, 3.63) is 0 Å². The van der Waals surface area contributed by atoms with Gasteiger partial charge in [-0.3, -0.25) is 0 Å². The highest BCUT2D eigenvalue weighted by atomic mass is 16.3. The lowest BCUT2D eigenvalue weighted by atomic mass is 9.96. The predicted molar refractivity (Wildman–Crippen MR) is 37.1 cm³/mol. The molecule has 1 saturated carbocycles. The van der Waals surface area contributed by atoms with Gasteiger partial charge in [0, 0.05) is 5.54 Å². The van der Waals surface area contributed by atoms with E-state index in [2.05, 4.69) is 6.92 Å². The topological polar surface area (TPSA) is 46.2 Å². The van der Waals surface area contributed by atoms with Crippen molar-refractivity contribution in [2.24, 2.45) is 5.73 Å². The second kappa shape index (κ2) is 2.27. The monoisotopic (exact) mass is 129 g/mol. The van der Waals surface area contributed by atoms with Gasteiger partial charge in [-0.1, -0.05) is 6.92 Å². The number of nitrogens with two attached hydrogens (primary N) is 1. The minimum Gasteiger partial charge on any atom is -0.393 e. The van der Waals surface area contributed by atoms with E-state index in [0.717, 1.165) is 25.7 Å². The Morgan fingerprint density at radius 1 is 1.78 bits per heavy atom. The third-order valence-corrected chi connectivity index (χ3v) is 2.32. The fourth-order valence-electron chi connectivity index (χ4n) is 1.45. The molecule has 1 rings (SSSR count). The van der Waals surface area contributed by atoms with Crippen molar-refractivity contribution in [3.8, 4) is 0 Å². The Hall–Kier alpha value is -0.0800.